The summed E-state index contributed by atoms with van der Waals surface area (Å²) < 4.78 is 6.99. The smallest absolute Gasteiger partial charge is 0.157 e. The Morgan fingerprint density at radius 2 is 2.24 bits per heavy atom. The molecule has 0 fully saturated rings. The number of nitrogens with zero attached hydrogens (tertiary/aromatic N) is 4. The number of rotatable bonds is 4. The monoisotopic (exact) mass is 233 g/mol. The van der Waals surface area contributed by atoms with E-state index < -0.39 is 0 Å². The first-order valence-electron chi connectivity index (χ1n) is 5.39. The van der Waals surface area contributed by atoms with Crippen molar-refractivity contribution in [2.75, 3.05) is 12.3 Å². The molecule has 90 valence electrons. The van der Waals surface area contributed by atoms with E-state index in [2.05, 4.69) is 15.1 Å². The van der Waals surface area contributed by atoms with Gasteiger partial charge in [0.15, 0.2) is 5.82 Å². The summed E-state index contributed by atoms with van der Waals surface area (Å²) in [6.45, 7) is 2.92. The van der Waals surface area contributed by atoms with Gasteiger partial charge in [-0.1, -0.05) is 0 Å². The van der Waals surface area contributed by atoms with Crippen LogP contribution in [0, 0.1) is 0 Å². The van der Waals surface area contributed by atoms with Gasteiger partial charge in [0.1, 0.15) is 12.4 Å². The highest BCUT2D eigenvalue weighted by Crippen LogP contribution is 2.17. The van der Waals surface area contributed by atoms with Gasteiger partial charge in [0.25, 0.3) is 0 Å². The molecule has 0 saturated heterocycles. The molecule has 0 aliphatic heterocycles. The molecule has 2 heterocycles. The third-order valence-electron chi connectivity index (χ3n) is 2.23. The van der Waals surface area contributed by atoms with E-state index in [0.29, 0.717) is 24.9 Å². The molecule has 6 heteroatoms. The van der Waals surface area contributed by atoms with E-state index in [-0.39, 0.29) is 0 Å². The summed E-state index contributed by atoms with van der Waals surface area (Å²) in [4.78, 5) is 8.50. The van der Waals surface area contributed by atoms with E-state index in [1.165, 1.54) is 0 Å². The minimum atomic E-state index is 0.370. The molecule has 2 N–H and O–H groups in total. The number of hydrogen-bond donors (Lipinski definition) is 1. The molecule has 0 atom stereocenters. The summed E-state index contributed by atoms with van der Waals surface area (Å²) in [5.74, 6) is 1.03. The van der Waals surface area contributed by atoms with E-state index in [1.807, 2.05) is 20.2 Å². The van der Waals surface area contributed by atoms with Gasteiger partial charge in [-0.25, -0.2) is 9.97 Å². The topological polar surface area (TPSA) is 78.9 Å². The second-order valence-electron chi connectivity index (χ2n) is 3.63. The third kappa shape index (κ3) is 2.79. The average molecular weight is 233 g/mol. The third-order valence-corrected chi connectivity index (χ3v) is 2.23. The number of aromatic nitrogens is 4. The van der Waals surface area contributed by atoms with Crippen LogP contribution in [0.3, 0.4) is 0 Å². The van der Waals surface area contributed by atoms with Gasteiger partial charge >= 0.3 is 0 Å². The van der Waals surface area contributed by atoms with Crippen LogP contribution in [0.25, 0.3) is 11.3 Å². The molecule has 2 rings (SSSR count). The summed E-state index contributed by atoms with van der Waals surface area (Å²) in [6.07, 6.45) is 3.62. The minimum Gasteiger partial charge on any atom is -0.384 e. The van der Waals surface area contributed by atoms with Crippen LogP contribution in [-0.2, 0) is 18.4 Å². The quantitative estimate of drug-likeness (QED) is 0.852. The van der Waals surface area contributed by atoms with Gasteiger partial charge in [-0.15, -0.1) is 0 Å². The zero-order valence-electron chi connectivity index (χ0n) is 9.92. The van der Waals surface area contributed by atoms with Crippen LogP contribution in [0.4, 0.5) is 5.82 Å². The predicted molar refractivity (Wildman–Crippen MR) is 64.0 cm³/mol. The highest BCUT2D eigenvalue weighted by atomic mass is 16.5. The number of nitrogen functional groups attached to an aromatic ring is 1. The number of ether oxygens (including phenoxy) is 1. The lowest BCUT2D eigenvalue weighted by Gasteiger charge is -2.04. The molecular weight excluding hydrogens is 218 g/mol. The Morgan fingerprint density at radius 1 is 1.41 bits per heavy atom. The first-order valence-corrected chi connectivity index (χ1v) is 5.39. The van der Waals surface area contributed by atoms with E-state index in [4.69, 9.17) is 10.5 Å². The fourth-order valence-corrected chi connectivity index (χ4v) is 1.48. The molecule has 6 nitrogen and oxygen atoms in total. The summed E-state index contributed by atoms with van der Waals surface area (Å²) in [5, 5.41) is 4.10. The Morgan fingerprint density at radius 3 is 2.88 bits per heavy atom. The van der Waals surface area contributed by atoms with Crippen molar-refractivity contribution in [1.82, 2.24) is 19.7 Å². The first-order chi connectivity index (χ1) is 8.19. The largest absolute Gasteiger partial charge is 0.384 e. The zero-order valence-corrected chi connectivity index (χ0v) is 9.92. The molecule has 0 aromatic carbocycles. The second-order valence-corrected chi connectivity index (χ2v) is 3.63. The van der Waals surface area contributed by atoms with E-state index in [9.17, 15) is 0 Å². The molecule has 0 amide bonds. The van der Waals surface area contributed by atoms with Gasteiger partial charge in [-0.3, -0.25) is 4.68 Å². The Bertz CT molecular complexity index is 508. The SMILES string of the molecule is CCOCc1nc(N)cc(-c2cnn(C)c2)n1. The van der Waals surface area contributed by atoms with Gasteiger partial charge < -0.3 is 10.5 Å². The maximum atomic E-state index is 5.74. The average Bonchev–Trinajstić information content (AvgIpc) is 2.72. The molecule has 17 heavy (non-hydrogen) atoms. The van der Waals surface area contributed by atoms with Crippen molar-refractivity contribution in [2.45, 2.75) is 13.5 Å². The molecule has 0 radical (unpaired) electrons. The zero-order chi connectivity index (χ0) is 12.3. The van der Waals surface area contributed by atoms with Crippen LogP contribution in [0.1, 0.15) is 12.7 Å². The lowest BCUT2D eigenvalue weighted by atomic mass is 10.2. The molecule has 0 spiro atoms. The van der Waals surface area contributed by atoms with Crippen LogP contribution in [0.2, 0.25) is 0 Å². The Kier molecular flexibility index (Phi) is 3.34. The van der Waals surface area contributed by atoms with Gasteiger partial charge in [0, 0.05) is 31.5 Å². The van der Waals surface area contributed by atoms with Crippen molar-refractivity contribution in [3.8, 4) is 11.3 Å². The predicted octanol–water partition coefficient (Wildman–Crippen LogP) is 0.996. The van der Waals surface area contributed by atoms with Crippen LogP contribution < -0.4 is 5.73 Å². The Hall–Kier alpha value is -1.95. The van der Waals surface area contributed by atoms with Crippen molar-refractivity contribution in [3.63, 3.8) is 0 Å². The lowest BCUT2D eigenvalue weighted by molar-refractivity contribution is 0.128. The fourth-order valence-electron chi connectivity index (χ4n) is 1.48. The van der Waals surface area contributed by atoms with Gasteiger partial charge in [-0.2, -0.15) is 5.10 Å². The standard InChI is InChI=1S/C11H15N5O/c1-3-17-7-11-14-9(4-10(12)15-11)8-5-13-16(2)6-8/h4-6H,3,7H2,1-2H3,(H2,12,14,15). The van der Waals surface area contributed by atoms with E-state index in [1.54, 1.807) is 16.9 Å². The maximum absolute atomic E-state index is 5.74. The highest BCUT2D eigenvalue weighted by Gasteiger charge is 2.06. The molecular formula is C11H15N5O. The van der Waals surface area contributed by atoms with E-state index in [0.717, 1.165) is 11.3 Å². The Labute approximate surface area is 99.4 Å². The summed E-state index contributed by atoms with van der Waals surface area (Å²) >= 11 is 0. The number of nitrogens with two attached hydrogens (primary N) is 1. The fraction of sp³-hybridized carbons (Fsp3) is 0.364. The molecule has 0 aliphatic carbocycles. The van der Waals surface area contributed by atoms with Gasteiger partial charge in [0.2, 0.25) is 0 Å². The number of aryl methyl sites for hydroxylation is 1. The minimum absolute atomic E-state index is 0.370. The Balaban J connectivity index is 2.31. The summed E-state index contributed by atoms with van der Waals surface area (Å²) in [7, 11) is 1.86. The number of hydrogen-bond acceptors (Lipinski definition) is 5. The number of anilines is 1. The first kappa shape index (κ1) is 11.5. The van der Waals surface area contributed by atoms with Crippen molar-refractivity contribution < 1.29 is 4.74 Å². The molecule has 2 aromatic rings. The van der Waals surface area contributed by atoms with Crippen LogP contribution in [0.5, 0.6) is 0 Å². The second kappa shape index (κ2) is 4.92. The summed E-state index contributed by atoms with van der Waals surface area (Å²) in [5.41, 5.74) is 7.42. The lowest BCUT2D eigenvalue weighted by Crippen LogP contribution is -2.03. The van der Waals surface area contributed by atoms with Crippen molar-refractivity contribution >= 4 is 5.82 Å². The normalized spacial score (nSPS) is 10.7. The van der Waals surface area contributed by atoms with Gasteiger partial charge in [0.05, 0.1) is 11.9 Å². The van der Waals surface area contributed by atoms with Crippen molar-refractivity contribution in [3.05, 3.63) is 24.3 Å². The van der Waals surface area contributed by atoms with Crippen LogP contribution in [0.15, 0.2) is 18.5 Å². The molecule has 2 aromatic heterocycles. The maximum Gasteiger partial charge on any atom is 0.157 e. The molecule has 0 aliphatic rings. The highest BCUT2D eigenvalue weighted by molar-refractivity contribution is 5.59. The molecule has 0 saturated carbocycles. The molecule has 0 unspecified atom stereocenters. The molecule has 0 bridgehead atoms. The summed E-state index contributed by atoms with van der Waals surface area (Å²) in [6, 6.07) is 1.73. The van der Waals surface area contributed by atoms with E-state index >= 15 is 0 Å². The van der Waals surface area contributed by atoms with Crippen molar-refractivity contribution in [2.24, 2.45) is 7.05 Å². The van der Waals surface area contributed by atoms with Crippen molar-refractivity contribution in [1.29, 1.82) is 0 Å². The van der Waals surface area contributed by atoms with Gasteiger partial charge in [-0.05, 0) is 6.92 Å². The van der Waals surface area contributed by atoms with Crippen LogP contribution in [-0.4, -0.2) is 26.4 Å². The van der Waals surface area contributed by atoms with Crippen LogP contribution >= 0.6 is 0 Å².